The molecule has 4 rings (SSSR count). The monoisotopic (exact) mass is 493 g/mol. The van der Waals surface area contributed by atoms with E-state index in [-0.39, 0.29) is 30.7 Å². The molecule has 2 aliphatic heterocycles. The SMILES string of the molecule is CC(C)(CCN[C@H]1CCCC[C@@H]1Cc1ccc2c(c1)CN(C1CCC(=O)NC1=O)C2=O)C(F)(F)F. The molecule has 0 radical (unpaired) electrons. The van der Waals surface area contributed by atoms with Crippen molar-refractivity contribution in [2.24, 2.45) is 11.3 Å². The zero-order chi connectivity index (χ0) is 25.4. The third kappa shape index (κ3) is 5.55. The number of benzene rings is 1. The van der Waals surface area contributed by atoms with Crippen LogP contribution in [0.4, 0.5) is 13.2 Å². The number of hydrogen-bond acceptors (Lipinski definition) is 4. The van der Waals surface area contributed by atoms with Gasteiger partial charge in [0.1, 0.15) is 6.04 Å². The average Bonchev–Trinajstić information content (AvgIpc) is 3.09. The first kappa shape index (κ1) is 25.7. The summed E-state index contributed by atoms with van der Waals surface area (Å²) in [5, 5.41) is 5.72. The number of carbonyl (C=O) groups is 3. The summed E-state index contributed by atoms with van der Waals surface area (Å²) in [6, 6.07) is 5.32. The molecule has 1 aromatic rings. The van der Waals surface area contributed by atoms with Crippen LogP contribution in [0.15, 0.2) is 18.2 Å². The van der Waals surface area contributed by atoms with Gasteiger partial charge in [-0.05, 0) is 61.8 Å². The fraction of sp³-hybridized carbons (Fsp3) is 0.654. The van der Waals surface area contributed by atoms with E-state index in [9.17, 15) is 27.6 Å². The lowest BCUT2D eigenvalue weighted by atomic mass is 9.80. The number of piperidine rings is 1. The average molecular weight is 494 g/mol. The van der Waals surface area contributed by atoms with Gasteiger partial charge < -0.3 is 10.2 Å². The number of fused-ring (bicyclic) bond motifs is 1. The Hall–Kier alpha value is -2.42. The van der Waals surface area contributed by atoms with Gasteiger partial charge in [-0.1, -0.05) is 38.8 Å². The molecule has 1 aliphatic carbocycles. The highest BCUT2D eigenvalue weighted by Gasteiger charge is 2.46. The smallest absolute Gasteiger partial charge is 0.322 e. The van der Waals surface area contributed by atoms with Crippen LogP contribution < -0.4 is 10.6 Å². The van der Waals surface area contributed by atoms with Crippen LogP contribution in [0.2, 0.25) is 0 Å². The van der Waals surface area contributed by atoms with Gasteiger partial charge in [-0.2, -0.15) is 13.2 Å². The predicted octanol–water partition coefficient (Wildman–Crippen LogP) is 4.12. The van der Waals surface area contributed by atoms with Gasteiger partial charge in [-0.3, -0.25) is 19.7 Å². The summed E-state index contributed by atoms with van der Waals surface area (Å²) in [5.41, 5.74) is 0.844. The second-order valence-corrected chi connectivity index (χ2v) is 10.8. The second-order valence-electron chi connectivity index (χ2n) is 10.8. The Bertz CT molecular complexity index is 992. The fourth-order valence-electron chi connectivity index (χ4n) is 5.49. The molecule has 2 heterocycles. The third-order valence-electron chi connectivity index (χ3n) is 7.92. The van der Waals surface area contributed by atoms with Crippen molar-refractivity contribution in [2.45, 2.75) is 90.0 Å². The van der Waals surface area contributed by atoms with Gasteiger partial charge in [0.25, 0.3) is 5.91 Å². The standard InChI is InChI=1S/C26H34F3N3O3/c1-25(2,26(27,28)29)11-12-30-20-6-4-3-5-17(20)13-16-7-8-19-18(14-16)15-32(24(19)35)21-9-10-22(33)31-23(21)34/h7-8,14,17,20-21,30H,3-6,9-13,15H2,1-2H3,(H,31,33,34)/t17-,20+,21?/m1/s1. The normalized spacial score (nSPS) is 25.6. The molecule has 0 spiro atoms. The maximum absolute atomic E-state index is 13.2. The van der Waals surface area contributed by atoms with E-state index in [0.29, 0.717) is 31.0 Å². The van der Waals surface area contributed by atoms with Crippen molar-refractivity contribution in [3.8, 4) is 0 Å². The minimum atomic E-state index is -4.22. The molecule has 0 aromatic heterocycles. The molecular formula is C26H34F3N3O3. The van der Waals surface area contributed by atoms with Gasteiger partial charge in [0.2, 0.25) is 11.8 Å². The third-order valence-corrected chi connectivity index (χ3v) is 7.92. The van der Waals surface area contributed by atoms with Crippen LogP contribution in [0, 0.1) is 11.3 Å². The number of halogens is 3. The van der Waals surface area contributed by atoms with Crippen LogP contribution in [0.5, 0.6) is 0 Å². The van der Waals surface area contributed by atoms with E-state index in [1.165, 1.54) is 13.8 Å². The van der Waals surface area contributed by atoms with E-state index in [1.807, 2.05) is 18.2 Å². The molecule has 2 N–H and O–H groups in total. The molecule has 2 fully saturated rings. The molecular weight excluding hydrogens is 459 g/mol. The van der Waals surface area contributed by atoms with Crippen LogP contribution in [-0.4, -0.2) is 47.4 Å². The molecule has 3 aliphatic rings. The number of nitrogens with zero attached hydrogens (tertiary/aromatic N) is 1. The Morgan fingerprint density at radius 2 is 1.83 bits per heavy atom. The number of alkyl halides is 3. The van der Waals surface area contributed by atoms with Crippen molar-refractivity contribution in [1.82, 2.24) is 15.5 Å². The molecule has 35 heavy (non-hydrogen) atoms. The number of rotatable bonds is 7. The fourth-order valence-corrected chi connectivity index (χ4v) is 5.49. The van der Waals surface area contributed by atoms with Crippen molar-refractivity contribution in [2.75, 3.05) is 6.54 Å². The van der Waals surface area contributed by atoms with E-state index >= 15 is 0 Å². The molecule has 1 unspecified atom stereocenters. The number of carbonyl (C=O) groups excluding carboxylic acids is 3. The minimum absolute atomic E-state index is 0.0385. The molecule has 192 valence electrons. The van der Waals surface area contributed by atoms with E-state index < -0.39 is 23.5 Å². The molecule has 1 aromatic carbocycles. The van der Waals surface area contributed by atoms with Crippen molar-refractivity contribution in [3.05, 3.63) is 34.9 Å². The molecule has 3 atom stereocenters. The Balaban J connectivity index is 1.38. The highest BCUT2D eigenvalue weighted by molar-refractivity contribution is 6.05. The molecule has 3 amide bonds. The lowest BCUT2D eigenvalue weighted by Crippen LogP contribution is -2.52. The predicted molar refractivity (Wildman–Crippen MR) is 124 cm³/mol. The Labute approximate surface area is 204 Å². The zero-order valence-corrected chi connectivity index (χ0v) is 20.3. The van der Waals surface area contributed by atoms with Gasteiger partial charge in [0.15, 0.2) is 0 Å². The van der Waals surface area contributed by atoms with Crippen molar-refractivity contribution < 1.29 is 27.6 Å². The second kappa shape index (κ2) is 9.91. The molecule has 6 nitrogen and oxygen atoms in total. The van der Waals surface area contributed by atoms with Crippen molar-refractivity contribution in [3.63, 3.8) is 0 Å². The Morgan fingerprint density at radius 1 is 1.09 bits per heavy atom. The topological polar surface area (TPSA) is 78.5 Å². The molecule has 1 saturated heterocycles. The van der Waals surface area contributed by atoms with E-state index in [0.717, 1.165) is 43.2 Å². The summed E-state index contributed by atoms with van der Waals surface area (Å²) in [7, 11) is 0. The maximum atomic E-state index is 13.2. The Morgan fingerprint density at radius 3 is 2.54 bits per heavy atom. The minimum Gasteiger partial charge on any atom is -0.322 e. The number of nitrogens with one attached hydrogen (secondary N) is 2. The van der Waals surface area contributed by atoms with Crippen molar-refractivity contribution >= 4 is 17.7 Å². The van der Waals surface area contributed by atoms with E-state index in [1.54, 1.807) is 4.90 Å². The summed E-state index contributed by atoms with van der Waals surface area (Å²) in [5.74, 6) is -0.604. The molecule has 9 heteroatoms. The van der Waals surface area contributed by atoms with Crippen LogP contribution in [0.1, 0.15) is 80.3 Å². The summed E-state index contributed by atoms with van der Waals surface area (Å²) in [6.07, 6.45) is 1.29. The van der Waals surface area contributed by atoms with Crippen molar-refractivity contribution in [1.29, 1.82) is 0 Å². The summed E-state index contributed by atoms with van der Waals surface area (Å²) >= 11 is 0. The zero-order valence-electron chi connectivity index (χ0n) is 20.3. The largest absolute Gasteiger partial charge is 0.394 e. The molecule has 0 bridgehead atoms. The van der Waals surface area contributed by atoms with Gasteiger partial charge in [0, 0.05) is 24.6 Å². The van der Waals surface area contributed by atoms with Gasteiger partial charge >= 0.3 is 6.18 Å². The number of hydrogen-bond donors (Lipinski definition) is 2. The lowest BCUT2D eigenvalue weighted by Gasteiger charge is -2.34. The van der Waals surface area contributed by atoms with Gasteiger partial charge in [-0.25, -0.2) is 0 Å². The van der Waals surface area contributed by atoms with Gasteiger partial charge in [-0.15, -0.1) is 0 Å². The first-order valence-corrected chi connectivity index (χ1v) is 12.5. The van der Waals surface area contributed by atoms with E-state index in [2.05, 4.69) is 10.6 Å². The van der Waals surface area contributed by atoms with Crippen LogP contribution in [0.25, 0.3) is 0 Å². The summed E-state index contributed by atoms with van der Waals surface area (Å²) < 4.78 is 39.6. The van der Waals surface area contributed by atoms with Crippen LogP contribution in [-0.2, 0) is 22.6 Å². The highest BCUT2D eigenvalue weighted by atomic mass is 19.4. The van der Waals surface area contributed by atoms with Crippen LogP contribution >= 0.6 is 0 Å². The molecule has 1 saturated carbocycles. The van der Waals surface area contributed by atoms with Crippen LogP contribution in [0.3, 0.4) is 0 Å². The number of amides is 3. The number of imide groups is 1. The lowest BCUT2D eigenvalue weighted by molar-refractivity contribution is -0.213. The van der Waals surface area contributed by atoms with E-state index in [4.69, 9.17) is 0 Å². The summed E-state index contributed by atoms with van der Waals surface area (Å²) in [4.78, 5) is 38.2. The first-order chi connectivity index (χ1) is 16.5. The summed E-state index contributed by atoms with van der Waals surface area (Å²) in [6.45, 7) is 3.16. The maximum Gasteiger partial charge on any atom is 0.394 e. The van der Waals surface area contributed by atoms with Gasteiger partial charge in [0.05, 0.1) is 5.41 Å². The first-order valence-electron chi connectivity index (χ1n) is 12.5. The highest BCUT2D eigenvalue weighted by Crippen LogP contribution is 2.40. The quantitative estimate of drug-likeness (QED) is 0.561. The Kier molecular flexibility index (Phi) is 7.27.